The largest absolute Gasteiger partial charge is 0.258 e. The van der Waals surface area contributed by atoms with Crippen LogP contribution in [0.1, 0.15) is 19.8 Å². The Morgan fingerprint density at radius 2 is 2.25 bits per heavy atom. The average molecular weight is 114 g/mol. The fourth-order valence-electron chi connectivity index (χ4n) is 0.976. The Labute approximate surface area is 50.6 Å². The molecule has 2 heteroatoms. The summed E-state index contributed by atoms with van der Waals surface area (Å²) < 4.78 is 0. The second kappa shape index (κ2) is 3.05. The highest BCUT2D eigenvalue weighted by Crippen LogP contribution is 2.03. The highest BCUT2D eigenvalue weighted by Gasteiger charge is 2.03. The van der Waals surface area contributed by atoms with Gasteiger partial charge in [-0.15, -0.1) is 0 Å². The van der Waals surface area contributed by atoms with Crippen molar-refractivity contribution >= 4 is 0 Å². The zero-order valence-electron chi connectivity index (χ0n) is 5.41. The topological polar surface area (TPSA) is 24.1 Å². The van der Waals surface area contributed by atoms with Crippen molar-refractivity contribution in [2.24, 2.45) is 5.92 Å². The van der Waals surface area contributed by atoms with Gasteiger partial charge in [-0.3, -0.25) is 10.9 Å². The summed E-state index contributed by atoms with van der Waals surface area (Å²) in [5, 5.41) is 0. The number of nitrogens with one attached hydrogen (secondary N) is 2. The molecule has 0 aliphatic carbocycles. The number of rotatable bonds is 0. The Morgan fingerprint density at radius 3 is 3.12 bits per heavy atom. The third-order valence-electron chi connectivity index (χ3n) is 1.57. The fourth-order valence-corrected chi connectivity index (χ4v) is 0.976. The number of hydrogen-bond acceptors (Lipinski definition) is 2. The third-order valence-corrected chi connectivity index (χ3v) is 1.57. The first kappa shape index (κ1) is 6.05. The van der Waals surface area contributed by atoms with Crippen LogP contribution in [-0.2, 0) is 0 Å². The Morgan fingerprint density at radius 1 is 1.38 bits per heavy atom. The Bertz CT molecular complexity index is 55.5. The van der Waals surface area contributed by atoms with Gasteiger partial charge in [-0.05, 0) is 18.8 Å². The maximum Gasteiger partial charge on any atom is 0.0125 e. The van der Waals surface area contributed by atoms with Crippen molar-refractivity contribution in [2.45, 2.75) is 19.8 Å². The van der Waals surface area contributed by atoms with Crippen molar-refractivity contribution in [2.75, 3.05) is 13.1 Å². The number of hydrogen-bond donors (Lipinski definition) is 2. The molecule has 0 bridgehead atoms. The van der Waals surface area contributed by atoms with Gasteiger partial charge in [0.15, 0.2) is 0 Å². The summed E-state index contributed by atoms with van der Waals surface area (Å²) in [6.07, 6.45) is 2.67. The summed E-state index contributed by atoms with van der Waals surface area (Å²) in [5.41, 5.74) is 6.27. The average Bonchev–Trinajstić information content (AvgIpc) is 1.94. The van der Waals surface area contributed by atoms with E-state index in [9.17, 15) is 0 Å². The molecule has 0 aromatic rings. The van der Waals surface area contributed by atoms with Crippen molar-refractivity contribution in [1.82, 2.24) is 10.9 Å². The van der Waals surface area contributed by atoms with Crippen LogP contribution in [0.25, 0.3) is 0 Å². The molecule has 0 aromatic heterocycles. The standard InChI is InChI=1S/C6H14N2/c1-6-3-2-4-7-8-5-6/h6-8H,2-5H2,1H3. The van der Waals surface area contributed by atoms with Gasteiger partial charge in [0.05, 0.1) is 0 Å². The van der Waals surface area contributed by atoms with E-state index in [0.717, 1.165) is 19.0 Å². The molecule has 0 saturated carbocycles. The van der Waals surface area contributed by atoms with Gasteiger partial charge in [0, 0.05) is 13.1 Å². The van der Waals surface area contributed by atoms with Gasteiger partial charge in [0.25, 0.3) is 0 Å². The van der Waals surface area contributed by atoms with E-state index < -0.39 is 0 Å². The lowest BCUT2D eigenvalue weighted by Gasteiger charge is -2.03. The maximum absolute atomic E-state index is 3.15. The molecule has 1 aliphatic heterocycles. The minimum atomic E-state index is 0.852. The molecule has 8 heavy (non-hydrogen) atoms. The van der Waals surface area contributed by atoms with Crippen LogP contribution >= 0.6 is 0 Å². The molecule has 1 saturated heterocycles. The third kappa shape index (κ3) is 1.80. The molecule has 48 valence electrons. The van der Waals surface area contributed by atoms with Crippen LogP contribution in [0.4, 0.5) is 0 Å². The molecular formula is C6H14N2. The molecule has 0 amide bonds. The quantitative estimate of drug-likeness (QED) is 0.479. The van der Waals surface area contributed by atoms with Crippen LogP contribution in [0.5, 0.6) is 0 Å². The van der Waals surface area contributed by atoms with E-state index in [1.165, 1.54) is 12.8 Å². The van der Waals surface area contributed by atoms with Gasteiger partial charge in [0.1, 0.15) is 0 Å². The van der Waals surface area contributed by atoms with Gasteiger partial charge in [-0.25, -0.2) is 0 Å². The van der Waals surface area contributed by atoms with Gasteiger partial charge < -0.3 is 0 Å². The lowest BCUT2D eigenvalue weighted by atomic mass is 10.1. The zero-order valence-corrected chi connectivity index (χ0v) is 5.41. The first-order valence-electron chi connectivity index (χ1n) is 3.35. The van der Waals surface area contributed by atoms with Crippen LogP contribution < -0.4 is 10.9 Å². The van der Waals surface area contributed by atoms with E-state index in [4.69, 9.17) is 0 Å². The van der Waals surface area contributed by atoms with Gasteiger partial charge in [-0.1, -0.05) is 6.92 Å². The molecule has 0 aromatic carbocycles. The molecule has 1 atom stereocenters. The second-order valence-corrected chi connectivity index (χ2v) is 2.56. The van der Waals surface area contributed by atoms with Crippen LogP contribution in [0, 0.1) is 5.92 Å². The van der Waals surface area contributed by atoms with Gasteiger partial charge >= 0.3 is 0 Å². The first-order valence-corrected chi connectivity index (χ1v) is 3.35. The highest BCUT2D eigenvalue weighted by atomic mass is 15.3. The molecule has 0 radical (unpaired) electrons. The summed E-state index contributed by atoms with van der Waals surface area (Å²) in [5.74, 6) is 0.852. The zero-order chi connectivity index (χ0) is 5.82. The maximum atomic E-state index is 3.15. The van der Waals surface area contributed by atoms with Crippen LogP contribution in [0.2, 0.25) is 0 Å². The van der Waals surface area contributed by atoms with E-state index in [-0.39, 0.29) is 0 Å². The summed E-state index contributed by atoms with van der Waals surface area (Å²) in [6.45, 7) is 4.53. The van der Waals surface area contributed by atoms with Crippen molar-refractivity contribution in [3.63, 3.8) is 0 Å². The molecule has 2 nitrogen and oxygen atoms in total. The highest BCUT2D eigenvalue weighted by molar-refractivity contribution is 4.59. The van der Waals surface area contributed by atoms with Gasteiger partial charge in [0.2, 0.25) is 0 Å². The van der Waals surface area contributed by atoms with Crippen molar-refractivity contribution in [3.8, 4) is 0 Å². The summed E-state index contributed by atoms with van der Waals surface area (Å²) in [6, 6.07) is 0. The lowest BCUT2D eigenvalue weighted by Crippen LogP contribution is -2.32. The van der Waals surface area contributed by atoms with E-state index >= 15 is 0 Å². The SMILES string of the molecule is CC1CCCNNC1. The molecular weight excluding hydrogens is 100 g/mol. The molecule has 1 unspecified atom stereocenters. The Balaban J connectivity index is 2.17. The van der Waals surface area contributed by atoms with Gasteiger partial charge in [-0.2, -0.15) is 0 Å². The molecule has 1 heterocycles. The van der Waals surface area contributed by atoms with Crippen molar-refractivity contribution in [3.05, 3.63) is 0 Å². The smallest absolute Gasteiger partial charge is 0.0125 e. The predicted molar refractivity (Wildman–Crippen MR) is 34.4 cm³/mol. The minimum absolute atomic E-state index is 0.852. The van der Waals surface area contributed by atoms with Crippen molar-refractivity contribution < 1.29 is 0 Å². The number of hydrazine groups is 1. The van der Waals surface area contributed by atoms with E-state index in [1.54, 1.807) is 0 Å². The van der Waals surface area contributed by atoms with E-state index in [0.29, 0.717) is 0 Å². The fraction of sp³-hybridized carbons (Fsp3) is 1.00. The van der Waals surface area contributed by atoms with Crippen LogP contribution in [-0.4, -0.2) is 13.1 Å². The first-order chi connectivity index (χ1) is 3.89. The van der Waals surface area contributed by atoms with Crippen molar-refractivity contribution in [1.29, 1.82) is 0 Å². The monoisotopic (exact) mass is 114 g/mol. The minimum Gasteiger partial charge on any atom is -0.258 e. The molecule has 0 spiro atoms. The van der Waals surface area contributed by atoms with E-state index in [1.807, 2.05) is 0 Å². The summed E-state index contributed by atoms with van der Waals surface area (Å²) in [7, 11) is 0. The summed E-state index contributed by atoms with van der Waals surface area (Å²) in [4.78, 5) is 0. The molecule has 1 rings (SSSR count). The molecule has 1 aliphatic rings. The van der Waals surface area contributed by atoms with E-state index in [2.05, 4.69) is 17.8 Å². The van der Waals surface area contributed by atoms with Crippen LogP contribution in [0.3, 0.4) is 0 Å². The molecule has 1 fully saturated rings. The second-order valence-electron chi connectivity index (χ2n) is 2.56. The summed E-state index contributed by atoms with van der Waals surface area (Å²) >= 11 is 0. The van der Waals surface area contributed by atoms with Crippen LogP contribution in [0.15, 0.2) is 0 Å². The Hall–Kier alpha value is -0.0800. The predicted octanol–water partition coefficient (Wildman–Crippen LogP) is 0.511. The molecule has 2 N–H and O–H groups in total. The lowest BCUT2D eigenvalue weighted by molar-refractivity contribution is 0.499. The normalized spacial score (nSPS) is 31.9. The Kier molecular flexibility index (Phi) is 2.30.